The fourth-order valence-corrected chi connectivity index (χ4v) is 2.17. The Bertz CT molecular complexity index is 824. The number of nitrogens with zero attached hydrogens (tertiary/aromatic N) is 1. The highest BCUT2D eigenvalue weighted by molar-refractivity contribution is 6.67. The van der Waals surface area contributed by atoms with Crippen LogP contribution in [0.1, 0.15) is 6.92 Å². The minimum atomic E-state index is -0.697. The first-order chi connectivity index (χ1) is 12.5. The Balaban J connectivity index is 2.18. The summed E-state index contributed by atoms with van der Waals surface area (Å²) in [6, 6.07) is 13.5. The number of rotatable bonds is 8. The molecule has 8 heteroatoms. The number of para-hydroxylation sites is 3. The largest absolute Gasteiger partial charge is 0.489 e. The van der Waals surface area contributed by atoms with Crippen molar-refractivity contribution in [3.63, 3.8) is 0 Å². The van der Waals surface area contributed by atoms with E-state index < -0.39 is 11.7 Å². The van der Waals surface area contributed by atoms with Gasteiger partial charge in [0.15, 0.2) is 11.5 Å². The molecule has 0 heterocycles. The van der Waals surface area contributed by atoms with Gasteiger partial charge in [0, 0.05) is 6.92 Å². The number of anilines is 2. The third kappa shape index (κ3) is 5.30. The number of carbonyl (C=O) groups excluding carboxylic acids is 2. The lowest BCUT2D eigenvalue weighted by atomic mass is 10.2. The number of Topliss-reactive ketones (excluding diaryl/α,β-unsaturated/α-hetero) is 1. The highest BCUT2D eigenvalue weighted by Gasteiger charge is 2.19. The molecule has 7 nitrogen and oxygen atoms in total. The topological polar surface area (TPSA) is 100 Å². The number of carbonyl (C=O) groups is 2. The number of hydrogen-bond donors (Lipinski definition) is 3. The molecule has 0 aliphatic carbocycles. The predicted octanol–water partition coefficient (Wildman–Crippen LogP) is 2.71. The molecule has 0 saturated heterocycles. The normalized spacial score (nSPS) is 11.0. The first-order valence-corrected chi connectivity index (χ1v) is 8.14. The van der Waals surface area contributed by atoms with E-state index >= 15 is 0 Å². The average molecular weight is 376 g/mol. The van der Waals surface area contributed by atoms with E-state index in [1.807, 2.05) is 0 Å². The Hall–Kier alpha value is -2.90. The van der Waals surface area contributed by atoms with Gasteiger partial charge in [0.25, 0.3) is 5.91 Å². The van der Waals surface area contributed by atoms with Crippen LogP contribution in [0.25, 0.3) is 0 Å². The van der Waals surface area contributed by atoms with E-state index in [2.05, 4.69) is 15.8 Å². The molecular weight excluding hydrogens is 358 g/mol. The zero-order valence-corrected chi connectivity index (χ0v) is 14.8. The number of amides is 1. The molecule has 2 rings (SSSR count). The van der Waals surface area contributed by atoms with Crippen molar-refractivity contribution in [1.29, 1.82) is 0 Å². The van der Waals surface area contributed by atoms with Crippen LogP contribution in [0.15, 0.2) is 53.6 Å². The van der Waals surface area contributed by atoms with Crippen molar-refractivity contribution in [2.45, 2.75) is 6.92 Å². The van der Waals surface area contributed by atoms with Gasteiger partial charge in [-0.25, -0.2) is 0 Å². The summed E-state index contributed by atoms with van der Waals surface area (Å²) in [4.78, 5) is 24.3. The van der Waals surface area contributed by atoms with E-state index in [4.69, 9.17) is 21.4 Å². The van der Waals surface area contributed by atoms with E-state index in [9.17, 15) is 9.59 Å². The van der Waals surface area contributed by atoms with Crippen molar-refractivity contribution in [3.8, 4) is 5.75 Å². The lowest BCUT2D eigenvalue weighted by Gasteiger charge is -2.12. The van der Waals surface area contributed by atoms with Gasteiger partial charge in [0.2, 0.25) is 0 Å². The van der Waals surface area contributed by atoms with Gasteiger partial charge in [-0.2, -0.15) is 5.10 Å². The molecule has 0 atom stereocenters. The number of aliphatic hydroxyl groups excluding tert-OH is 1. The lowest BCUT2D eigenvalue weighted by Crippen LogP contribution is -2.29. The van der Waals surface area contributed by atoms with Crippen LogP contribution in [0.3, 0.4) is 0 Å². The molecular formula is C18H18ClN3O4. The van der Waals surface area contributed by atoms with Crippen molar-refractivity contribution in [2.75, 3.05) is 24.0 Å². The number of hydrogen-bond acceptors (Lipinski definition) is 6. The maximum atomic E-state index is 12.4. The molecule has 0 spiro atoms. The Labute approximate surface area is 155 Å². The monoisotopic (exact) mass is 375 g/mol. The van der Waals surface area contributed by atoms with Crippen LogP contribution in [-0.4, -0.2) is 35.7 Å². The van der Waals surface area contributed by atoms with Crippen LogP contribution in [0.2, 0.25) is 5.02 Å². The van der Waals surface area contributed by atoms with Gasteiger partial charge >= 0.3 is 0 Å². The van der Waals surface area contributed by atoms with Crippen LogP contribution in [-0.2, 0) is 9.59 Å². The van der Waals surface area contributed by atoms with E-state index in [1.54, 1.807) is 48.5 Å². The maximum absolute atomic E-state index is 12.4. The van der Waals surface area contributed by atoms with Gasteiger partial charge in [0.05, 0.1) is 23.0 Å². The van der Waals surface area contributed by atoms with Gasteiger partial charge in [-0.05, 0) is 24.3 Å². The summed E-state index contributed by atoms with van der Waals surface area (Å²) < 4.78 is 5.35. The summed E-state index contributed by atoms with van der Waals surface area (Å²) in [7, 11) is 0. The summed E-state index contributed by atoms with van der Waals surface area (Å²) >= 11 is 6.01. The van der Waals surface area contributed by atoms with E-state index in [0.29, 0.717) is 22.1 Å². The number of ketones is 1. The van der Waals surface area contributed by atoms with Crippen LogP contribution in [0.5, 0.6) is 5.75 Å². The minimum absolute atomic E-state index is 0.0780. The molecule has 0 aliphatic rings. The van der Waals surface area contributed by atoms with Crippen molar-refractivity contribution >= 4 is 40.4 Å². The molecule has 0 radical (unpaired) electrons. The van der Waals surface area contributed by atoms with Crippen LogP contribution < -0.4 is 15.5 Å². The molecule has 0 bridgehead atoms. The fourth-order valence-electron chi connectivity index (χ4n) is 1.99. The fraction of sp³-hybridized carbons (Fsp3) is 0.167. The molecule has 3 N–H and O–H groups in total. The van der Waals surface area contributed by atoms with Gasteiger partial charge in [0.1, 0.15) is 12.4 Å². The standard InChI is InChI=1S/C18H18ClN3O4/c1-12(24)17(22-21-14-7-3-2-6-13(14)19)18(25)20-15-8-4-5-9-16(15)26-11-10-23/h2-9,21,23H,10-11H2,1H3,(H,20,25)/b22-17-. The lowest BCUT2D eigenvalue weighted by molar-refractivity contribution is -0.114. The molecule has 0 aliphatic heterocycles. The third-order valence-corrected chi connectivity index (χ3v) is 3.52. The van der Waals surface area contributed by atoms with E-state index in [1.165, 1.54) is 6.92 Å². The smallest absolute Gasteiger partial charge is 0.279 e. The Kier molecular flexibility index (Phi) is 7.13. The van der Waals surface area contributed by atoms with Crippen molar-refractivity contribution in [2.24, 2.45) is 5.10 Å². The van der Waals surface area contributed by atoms with Gasteiger partial charge < -0.3 is 15.2 Å². The molecule has 1 amide bonds. The summed E-state index contributed by atoms with van der Waals surface area (Å²) in [5.41, 5.74) is 3.13. The maximum Gasteiger partial charge on any atom is 0.279 e. The molecule has 26 heavy (non-hydrogen) atoms. The first-order valence-electron chi connectivity index (χ1n) is 7.76. The molecule has 2 aromatic carbocycles. The van der Waals surface area contributed by atoms with Crippen LogP contribution in [0.4, 0.5) is 11.4 Å². The highest BCUT2D eigenvalue weighted by Crippen LogP contribution is 2.24. The number of hydrazone groups is 1. The summed E-state index contributed by atoms with van der Waals surface area (Å²) in [5, 5.41) is 15.7. The Morgan fingerprint density at radius 1 is 1.12 bits per heavy atom. The zero-order chi connectivity index (χ0) is 18.9. The zero-order valence-electron chi connectivity index (χ0n) is 14.0. The SMILES string of the molecule is CC(=O)/C(=N/Nc1ccccc1Cl)C(=O)Nc1ccccc1OCCO. The molecule has 0 fully saturated rings. The van der Waals surface area contributed by atoms with Gasteiger partial charge in [-0.1, -0.05) is 35.9 Å². The number of nitrogens with one attached hydrogen (secondary N) is 2. The number of ether oxygens (including phenoxy) is 1. The highest BCUT2D eigenvalue weighted by atomic mass is 35.5. The molecule has 2 aromatic rings. The predicted molar refractivity (Wildman–Crippen MR) is 101 cm³/mol. The van der Waals surface area contributed by atoms with Crippen LogP contribution >= 0.6 is 11.6 Å². The van der Waals surface area contributed by atoms with Crippen LogP contribution in [0, 0.1) is 0 Å². The summed E-state index contributed by atoms with van der Waals surface area (Å²) in [6.07, 6.45) is 0. The number of aliphatic hydroxyl groups is 1. The first kappa shape index (κ1) is 19.4. The molecule has 136 valence electrons. The summed E-state index contributed by atoms with van der Waals surface area (Å²) in [6.45, 7) is 1.15. The Morgan fingerprint density at radius 3 is 2.42 bits per heavy atom. The molecule has 0 saturated carbocycles. The average Bonchev–Trinajstić information content (AvgIpc) is 2.62. The quantitative estimate of drug-likeness (QED) is 0.374. The van der Waals surface area contributed by atoms with E-state index in [-0.39, 0.29) is 18.9 Å². The van der Waals surface area contributed by atoms with Crippen molar-refractivity contribution in [3.05, 3.63) is 53.6 Å². The summed E-state index contributed by atoms with van der Waals surface area (Å²) in [5.74, 6) is -0.843. The Morgan fingerprint density at radius 2 is 1.77 bits per heavy atom. The molecule has 0 aromatic heterocycles. The number of benzene rings is 2. The number of halogens is 1. The van der Waals surface area contributed by atoms with Gasteiger partial charge in [-0.15, -0.1) is 0 Å². The second-order valence-electron chi connectivity index (χ2n) is 5.13. The minimum Gasteiger partial charge on any atom is -0.489 e. The van der Waals surface area contributed by atoms with Gasteiger partial charge in [-0.3, -0.25) is 15.0 Å². The van der Waals surface area contributed by atoms with Crippen molar-refractivity contribution < 1.29 is 19.4 Å². The molecule has 0 unspecified atom stereocenters. The van der Waals surface area contributed by atoms with E-state index in [0.717, 1.165) is 0 Å². The van der Waals surface area contributed by atoms with Crippen molar-refractivity contribution in [1.82, 2.24) is 0 Å². The second-order valence-corrected chi connectivity index (χ2v) is 5.54. The second kappa shape index (κ2) is 9.55. The third-order valence-electron chi connectivity index (χ3n) is 3.19.